The van der Waals surface area contributed by atoms with Crippen molar-refractivity contribution >= 4 is 11.0 Å². The predicted molar refractivity (Wildman–Crippen MR) is 66.2 cm³/mol. The summed E-state index contributed by atoms with van der Waals surface area (Å²) in [6.07, 6.45) is 3.16. The summed E-state index contributed by atoms with van der Waals surface area (Å²) >= 11 is 0. The molecule has 96 valence electrons. The number of ether oxygens (including phenoxy) is 2. The smallest absolute Gasteiger partial charge is 0.163 e. The van der Waals surface area contributed by atoms with Crippen molar-refractivity contribution < 1.29 is 9.47 Å². The van der Waals surface area contributed by atoms with Gasteiger partial charge in [-0.3, -0.25) is 0 Å². The maximum atomic E-state index is 5.55. The van der Waals surface area contributed by atoms with Crippen LogP contribution in [0.2, 0.25) is 0 Å². The fourth-order valence-electron chi connectivity index (χ4n) is 2.14. The van der Waals surface area contributed by atoms with Crippen LogP contribution in [0.25, 0.3) is 11.0 Å². The molecule has 1 aliphatic heterocycles. The number of benzene rings is 1. The highest BCUT2D eigenvalue weighted by atomic mass is 16.6. The van der Waals surface area contributed by atoms with Crippen LogP contribution >= 0.6 is 0 Å². The number of rotatable bonds is 2. The summed E-state index contributed by atoms with van der Waals surface area (Å²) < 4.78 is 12.8. The Morgan fingerprint density at radius 2 is 2.05 bits per heavy atom. The number of aromatic nitrogens is 5. The van der Waals surface area contributed by atoms with E-state index in [1.54, 1.807) is 11.0 Å². The third kappa shape index (κ3) is 1.79. The van der Waals surface area contributed by atoms with Crippen LogP contribution in [-0.2, 0) is 6.54 Å². The molecular weight excluding hydrogens is 246 g/mol. The van der Waals surface area contributed by atoms with E-state index in [4.69, 9.17) is 9.47 Å². The molecule has 19 heavy (non-hydrogen) atoms. The minimum absolute atomic E-state index is 0.557. The van der Waals surface area contributed by atoms with Crippen molar-refractivity contribution in [1.29, 1.82) is 0 Å². The van der Waals surface area contributed by atoms with Crippen molar-refractivity contribution in [1.82, 2.24) is 24.7 Å². The maximum absolute atomic E-state index is 5.55. The Hall–Kier alpha value is -2.57. The van der Waals surface area contributed by atoms with Crippen molar-refractivity contribution in [2.75, 3.05) is 13.2 Å². The van der Waals surface area contributed by atoms with Crippen molar-refractivity contribution in [3.05, 3.63) is 30.6 Å². The summed E-state index contributed by atoms with van der Waals surface area (Å²) in [5, 5.41) is 4.06. The SMILES string of the molecule is c1ncn(Cc2nc3cc4c(cc3[nH]2)OCCO4)n1. The molecule has 0 saturated carbocycles. The van der Waals surface area contributed by atoms with E-state index in [2.05, 4.69) is 20.1 Å². The number of fused-ring (bicyclic) bond motifs is 2. The Bertz CT molecular complexity index is 676. The monoisotopic (exact) mass is 257 g/mol. The quantitative estimate of drug-likeness (QED) is 0.740. The fraction of sp³-hybridized carbons (Fsp3) is 0.250. The Labute approximate surface area is 108 Å². The normalized spacial score (nSPS) is 13.9. The van der Waals surface area contributed by atoms with Crippen LogP contribution in [0.3, 0.4) is 0 Å². The first-order valence-electron chi connectivity index (χ1n) is 5.99. The number of aromatic amines is 1. The van der Waals surface area contributed by atoms with Crippen LogP contribution in [0.5, 0.6) is 11.5 Å². The van der Waals surface area contributed by atoms with E-state index in [9.17, 15) is 0 Å². The van der Waals surface area contributed by atoms with Gasteiger partial charge in [-0.2, -0.15) is 5.10 Å². The summed E-state index contributed by atoms with van der Waals surface area (Å²) in [5.41, 5.74) is 1.79. The van der Waals surface area contributed by atoms with Crippen LogP contribution in [-0.4, -0.2) is 37.9 Å². The van der Waals surface area contributed by atoms with E-state index in [0.717, 1.165) is 28.4 Å². The van der Waals surface area contributed by atoms with Gasteiger partial charge in [0.1, 0.15) is 38.2 Å². The largest absolute Gasteiger partial charge is 0.486 e. The van der Waals surface area contributed by atoms with Crippen LogP contribution in [0.1, 0.15) is 5.82 Å². The third-order valence-electron chi connectivity index (χ3n) is 2.97. The van der Waals surface area contributed by atoms with Crippen LogP contribution < -0.4 is 9.47 Å². The third-order valence-corrected chi connectivity index (χ3v) is 2.97. The number of nitrogens with zero attached hydrogens (tertiary/aromatic N) is 4. The summed E-state index contributed by atoms with van der Waals surface area (Å²) in [4.78, 5) is 11.7. The second kappa shape index (κ2) is 3.98. The zero-order valence-electron chi connectivity index (χ0n) is 10.0. The highest BCUT2D eigenvalue weighted by Crippen LogP contribution is 2.33. The standard InChI is InChI=1S/C12H11N5O2/c1-2-19-11-4-9-8(3-10(11)18-1)15-12(16-9)5-17-7-13-6-14-17/h3-4,6-7H,1-2,5H2,(H,15,16). The molecule has 3 aromatic rings. The van der Waals surface area contributed by atoms with Gasteiger partial charge in [-0.05, 0) is 0 Å². The minimum Gasteiger partial charge on any atom is -0.486 e. The van der Waals surface area contributed by atoms with E-state index in [-0.39, 0.29) is 0 Å². The Balaban J connectivity index is 1.74. The average molecular weight is 257 g/mol. The number of H-pyrrole nitrogens is 1. The van der Waals surface area contributed by atoms with Crippen LogP contribution in [0.15, 0.2) is 24.8 Å². The molecule has 0 aliphatic carbocycles. The Kier molecular flexibility index (Phi) is 2.17. The fourth-order valence-corrected chi connectivity index (χ4v) is 2.14. The zero-order chi connectivity index (χ0) is 12.7. The summed E-state index contributed by atoms with van der Waals surface area (Å²) in [5.74, 6) is 2.33. The molecule has 3 heterocycles. The van der Waals surface area contributed by atoms with E-state index in [0.29, 0.717) is 19.8 Å². The summed E-state index contributed by atoms with van der Waals surface area (Å²) in [7, 11) is 0. The zero-order valence-corrected chi connectivity index (χ0v) is 10.0. The lowest BCUT2D eigenvalue weighted by Gasteiger charge is -2.17. The van der Waals surface area contributed by atoms with E-state index in [1.165, 1.54) is 6.33 Å². The van der Waals surface area contributed by atoms with E-state index < -0.39 is 0 Å². The van der Waals surface area contributed by atoms with E-state index >= 15 is 0 Å². The molecule has 1 aliphatic rings. The average Bonchev–Trinajstić information content (AvgIpc) is 3.05. The minimum atomic E-state index is 0.557. The Morgan fingerprint density at radius 1 is 1.21 bits per heavy atom. The molecule has 7 nitrogen and oxygen atoms in total. The molecule has 1 aromatic carbocycles. The topological polar surface area (TPSA) is 77.9 Å². The first-order valence-corrected chi connectivity index (χ1v) is 5.99. The van der Waals surface area contributed by atoms with Crippen molar-refractivity contribution in [3.8, 4) is 11.5 Å². The summed E-state index contributed by atoms with van der Waals surface area (Å²) in [6.45, 7) is 1.72. The molecule has 4 rings (SSSR count). The van der Waals surface area contributed by atoms with Gasteiger partial charge in [-0.15, -0.1) is 0 Å². The molecule has 0 unspecified atom stereocenters. The van der Waals surface area contributed by atoms with Gasteiger partial charge < -0.3 is 14.5 Å². The highest BCUT2D eigenvalue weighted by molar-refractivity contribution is 5.79. The predicted octanol–water partition coefficient (Wildman–Crippen LogP) is 0.974. The van der Waals surface area contributed by atoms with Gasteiger partial charge in [0.05, 0.1) is 11.0 Å². The maximum Gasteiger partial charge on any atom is 0.163 e. The molecule has 0 fully saturated rings. The van der Waals surface area contributed by atoms with E-state index in [1.807, 2.05) is 12.1 Å². The lowest BCUT2D eigenvalue weighted by atomic mass is 10.2. The molecule has 0 saturated heterocycles. The first-order chi connectivity index (χ1) is 9.38. The Morgan fingerprint density at radius 3 is 2.84 bits per heavy atom. The molecule has 2 aromatic heterocycles. The van der Waals surface area contributed by atoms with Gasteiger partial charge in [0.2, 0.25) is 0 Å². The van der Waals surface area contributed by atoms with Crippen molar-refractivity contribution in [2.45, 2.75) is 6.54 Å². The van der Waals surface area contributed by atoms with Crippen LogP contribution in [0.4, 0.5) is 0 Å². The molecule has 1 N–H and O–H groups in total. The first kappa shape index (κ1) is 10.4. The van der Waals surface area contributed by atoms with Gasteiger partial charge in [-0.25, -0.2) is 14.6 Å². The lowest BCUT2D eigenvalue weighted by Crippen LogP contribution is -2.15. The van der Waals surface area contributed by atoms with Gasteiger partial charge >= 0.3 is 0 Å². The molecule has 0 radical (unpaired) electrons. The van der Waals surface area contributed by atoms with Gasteiger partial charge in [-0.1, -0.05) is 0 Å². The molecule has 0 atom stereocenters. The van der Waals surface area contributed by atoms with Gasteiger partial charge in [0.25, 0.3) is 0 Å². The number of nitrogens with one attached hydrogen (secondary N) is 1. The number of hydrogen-bond donors (Lipinski definition) is 1. The van der Waals surface area contributed by atoms with Crippen molar-refractivity contribution in [3.63, 3.8) is 0 Å². The molecule has 0 amide bonds. The molecule has 0 spiro atoms. The second-order valence-electron chi connectivity index (χ2n) is 4.29. The lowest BCUT2D eigenvalue weighted by molar-refractivity contribution is 0.172. The van der Waals surface area contributed by atoms with Crippen molar-refractivity contribution in [2.24, 2.45) is 0 Å². The van der Waals surface area contributed by atoms with Crippen LogP contribution in [0, 0.1) is 0 Å². The van der Waals surface area contributed by atoms with Gasteiger partial charge in [0, 0.05) is 12.1 Å². The number of hydrogen-bond acceptors (Lipinski definition) is 5. The second-order valence-corrected chi connectivity index (χ2v) is 4.29. The highest BCUT2D eigenvalue weighted by Gasteiger charge is 2.14. The number of imidazole rings is 1. The molecule has 7 heteroatoms. The molecule has 0 bridgehead atoms. The molecular formula is C12H11N5O2. The summed E-state index contributed by atoms with van der Waals surface area (Å²) in [6, 6.07) is 3.81. The van der Waals surface area contributed by atoms with Gasteiger partial charge in [0.15, 0.2) is 11.5 Å².